The molecule has 0 aromatic carbocycles. The van der Waals surface area contributed by atoms with Gasteiger partial charge in [0.15, 0.2) is 0 Å². The normalized spacial score (nSPS) is 24.9. The van der Waals surface area contributed by atoms with Crippen molar-refractivity contribution >= 4 is 16.8 Å². The molecule has 1 atom stereocenters. The van der Waals surface area contributed by atoms with Gasteiger partial charge in [-0.1, -0.05) is 6.92 Å². The average molecular weight is 288 g/mol. The van der Waals surface area contributed by atoms with Gasteiger partial charge >= 0.3 is 5.97 Å². The number of carbonyl (C=O) groups excluding carboxylic acids is 1. The van der Waals surface area contributed by atoms with Gasteiger partial charge in [0.2, 0.25) is 0 Å². The second-order valence-electron chi connectivity index (χ2n) is 5.39. The first-order valence-electron chi connectivity index (χ1n) is 7.03. The minimum atomic E-state index is -0.679. The van der Waals surface area contributed by atoms with Crippen molar-refractivity contribution < 1.29 is 13.7 Å². The molecule has 1 saturated heterocycles. The number of hydrogen-bond donors (Lipinski definition) is 1. The van der Waals surface area contributed by atoms with Gasteiger partial charge in [-0.15, -0.1) is 0 Å². The lowest BCUT2D eigenvalue weighted by Crippen LogP contribution is -2.62. The van der Waals surface area contributed by atoms with E-state index in [-0.39, 0.29) is 5.97 Å². The molecule has 1 aliphatic heterocycles. The number of nitrogens with zero attached hydrogens (tertiary/aromatic N) is 1. The third kappa shape index (κ3) is 3.35. The van der Waals surface area contributed by atoms with E-state index in [4.69, 9.17) is 4.74 Å². The van der Waals surface area contributed by atoms with Crippen LogP contribution in [0.4, 0.5) is 0 Å². The third-order valence-electron chi connectivity index (χ3n) is 4.06. The molecule has 19 heavy (non-hydrogen) atoms. The van der Waals surface area contributed by atoms with Gasteiger partial charge < -0.3 is 10.1 Å². The number of methoxy groups -OCH3 is 1. The van der Waals surface area contributed by atoms with Crippen molar-refractivity contribution in [1.82, 2.24) is 10.2 Å². The first-order valence-corrected chi connectivity index (χ1v) is 8.52. The van der Waals surface area contributed by atoms with Crippen LogP contribution < -0.4 is 5.32 Å². The van der Waals surface area contributed by atoms with E-state index < -0.39 is 16.3 Å². The van der Waals surface area contributed by atoms with E-state index in [1.807, 2.05) is 6.92 Å². The molecule has 1 heterocycles. The third-order valence-corrected chi connectivity index (χ3v) is 5.34. The van der Waals surface area contributed by atoms with Crippen LogP contribution in [0.15, 0.2) is 0 Å². The van der Waals surface area contributed by atoms with Gasteiger partial charge in [-0.25, -0.2) is 4.79 Å². The average Bonchev–Trinajstić information content (AvgIpc) is 3.24. The lowest BCUT2D eigenvalue weighted by molar-refractivity contribution is -0.150. The fourth-order valence-corrected chi connectivity index (χ4v) is 4.02. The molecule has 0 aromatic heterocycles. The van der Waals surface area contributed by atoms with Crippen LogP contribution in [0.5, 0.6) is 0 Å². The Hall–Kier alpha value is -0.460. The molecule has 0 radical (unpaired) electrons. The largest absolute Gasteiger partial charge is 0.468 e. The molecule has 1 saturated carbocycles. The number of nitrogens with one attached hydrogen (secondary N) is 1. The summed E-state index contributed by atoms with van der Waals surface area (Å²) in [5.74, 6) is 1.66. The predicted octanol–water partition coefficient (Wildman–Crippen LogP) is -0.0180. The number of likely N-dealkylation sites (N-methyl/N-ethyl adjacent to an activating group) is 1. The second kappa shape index (κ2) is 6.33. The highest BCUT2D eigenvalue weighted by molar-refractivity contribution is 7.85. The van der Waals surface area contributed by atoms with Crippen molar-refractivity contribution in [3.8, 4) is 0 Å². The van der Waals surface area contributed by atoms with Crippen LogP contribution in [0.2, 0.25) is 0 Å². The summed E-state index contributed by atoms with van der Waals surface area (Å²) in [5.41, 5.74) is -0.567. The monoisotopic (exact) mass is 288 g/mol. The van der Waals surface area contributed by atoms with Gasteiger partial charge in [0, 0.05) is 41.9 Å². The molecule has 1 unspecified atom stereocenters. The molecule has 5 nitrogen and oxygen atoms in total. The van der Waals surface area contributed by atoms with Crippen LogP contribution in [-0.2, 0) is 20.3 Å². The maximum Gasteiger partial charge on any atom is 0.327 e. The lowest BCUT2D eigenvalue weighted by Gasteiger charge is -2.38. The zero-order valence-corrected chi connectivity index (χ0v) is 12.6. The van der Waals surface area contributed by atoms with E-state index in [0.29, 0.717) is 24.0 Å². The summed E-state index contributed by atoms with van der Waals surface area (Å²) in [7, 11) is 0.782. The van der Waals surface area contributed by atoms with Crippen molar-refractivity contribution in [1.29, 1.82) is 0 Å². The van der Waals surface area contributed by atoms with Crippen LogP contribution in [0.1, 0.15) is 19.8 Å². The summed E-state index contributed by atoms with van der Waals surface area (Å²) >= 11 is 0. The van der Waals surface area contributed by atoms with Crippen molar-refractivity contribution in [2.45, 2.75) is 25.3 Å². The highest BCUT2D eigenvalue weighted by atomic mass is 32.2. The van der Waals surface area contributed by atoms with Crippen LogP contribution >= 0.6 is 0 Å². The minimum Gasteiger partial charge on any atom is -0.468 e. The molecule has 6 heteroatoms. The fourth-order valence-electron chi connectivity index (χ4n) is 2.89. The Kier molecular flexibility index (Phi) is 4.97. The summed E-state index contributed by atoms with van der Waals surface area (Å²) in [5, 5.41) is 3.38. The Labute approximate surface area is 117 Å². The molecule has 1 N–H and O–H groups in total. The Morgan fingerprint density at radius 1 is 1.42 bits per heavy atom. The topological polar surface area (TPSA) is 58.6 Å². The van der Waals surface area contributed by atoms with E-state index in [1.165, 1.54) is 7.11 Å². The standard InChI is InChI=1S/C13H24N2O3S/c1-3-14-13(11-4-5-11,12(16)18-2)10-15-6-8-19(17)9-7-15/h11,14H,3-10H2,1-2H3. The number of ether oxygens (including phenoxy) is 1. The molecule has 110 valence electrons. The Bertz CT molecular complexity index is 350. The van der Waals surface area contributed by atoms with E-state index >= 15 is 0 Å². The molecule has 0 spiro atoms. The van der Waals surface area contributed by atoms with Crippen molar-refractivity contribution in [3.05, 3.63) is 0 Å². The van der Waals surface area contributed by atoms with Gasteiger partial charge in [0.1, 0.15) is 5.54 Å². The zero-order chi connectivity index (χ0) is 13.9. The van der Waals surface area contributed by atoms with E-state index in [2.05, 4.69) is 10.2 Å². The molecule has 2 fully saturated rings. The summed E-state index contributed by atoms with van der Waals surface area (Å²) < 4.78 is 16.5. The van der Waals surface area contributed by atoms with Gasteiger partial charge in [0.25, 0.3) is 0 Å². The summed E-state index contributed by atoms with van der Waals surface area (Å²) in [6, 6.07) is 0. The SMILES string of the molecule is CCNC(CN1CCS(=O)CC1)(C(=O)OC)C1CC1. The van der Waals surface area contributed by atoms with Gasteiger partial charge in [-0.3, -0.25) is 9.11 Å². The molecule has 1 aliphatic carbocycles. The zero-order valence-electron chi connectivity index (χ0n) is 11.8. The first-order chi connectivity index (χ1) is 9.12. The molecular weight excluding hydrogens is 264 g/mol. The van der Waals surface area contributed by atoms with Crippen molar-refractivity contribution in [2.24, 2.45) is 5.92 Å². The number of carbonyl (C=O) groups is 1. The second-order valence-corrected chi connectivity index (χ2v) is 7.09. The predicted molar refractivity (Wildman–Crippen MR) is 75.5 cm³/mol. The summed E-state index contributed by atoms with van der Waals surface area (Å²) in [6.07, 6.45) is 2.17. The molecule has 0 bridgehead atoms. The van der Waals surface area contributed by atoms with Crippen LogP contribution in [0.25, 0.3) is 0 Å². The Morgan fingerprint density at radius 3 is 2.53 bits per heavy atom. The molecule has 2 aliphatic rings. The summed E-state index contributed by atoms with van der Waals surface area (Å²) in [6.45, 7) is 5.07. The quantitative estimate of drug-likeness (QED) is 0.696. The van der Waals surface area contributed by atoms with Crippen LogP contribution in [0.3, 0.4) is 0 Å². The molecule has 2 rings (SSSR count). The first kappa shape index (κ1) is 14.9. The van der Waals surface area contributed by atoms with Gasteiger partial charge in [-0.2, -0.15) is 0 Å². The highest BCUT2D eigenvalue weighted by Crippen LogP contribution is 2.41. The summed E-state index contributed by atoms with van der Waals surface area (Å²) in [4.78, 5) is 14.5. The Balaban J connectivity index is 2.08. The van der Waals surface area contributed by atoms with Crippen molar-refractivity contribution in [2.75, 3.05) is 44.8 Å². The number of hydrogen-bond acceptors (Lipinski definition) is 5. The van der Waals surface area contributed by atoms with E-state index in [9.17, 15) is 9.00 Å². The molecule has 0 amide bonds. The highest BCUT2D eigenvalue weighted by Gasteiger charge is 2.52. The number of rotatable bonds is 6. The van der Waals surface area contributed by atoms with Crippen LogP contribution in [0, 0.1) is 5.92 Å². The Morgan fingerprint density at radius 2 is 2.05 bits per heavy atom. The fraction of sp³-hybridized carbons (Fsp3) is 0.923. The maximum absolute atomic E-state index is 12.3. The van der Waals surface area contributed by atoms with Crippen molar-refractivity contribution in [3.63, 3.8) is 0 Å². The molecule has 0 aromatic rings. The smallest absolute Gasteiger partial charge is 0.327 e. The lowest BCUT2D eigenvalue weighted by atomic mass is 9.92. The molecular formula is C13H24N2O3S. The van der Waals surface area contributed by atoms with Crippen LogP contribution in [-0.4, -0.2) is 65.4 Å². The van der Waals surface area contributed by atoms with Gasteiger partial charge in [-0.05, 0) is 25.3 Å². The van der Waals surface area contributed by atoms with E-state index in [0.717, 1.165) is 32.5 Å². The number of esters is 1. The van der Waals surface area contributed by atoms with Gasteiger partial charge in [0.05, 0.1) is 7.11 Å². The maximum atomic E-state index is 12.3. The minimum absolute atomic E-state index is 0.149. The van der Waals surface area contributed by atoms with E-state index in [1.54, 1.807) is 0 Å².